The summed E-state index contributed by atoms with van der Waals surface area (Å²) in [4.78, 5) is 2.28. The molecular weight excluding hydrogens is 250 g/mol. The van der Waals surface area contributed by atoms with Crippen LogP contribution < -0.4 is 10.0 Å². The molecule has 18 heavy (non-hydrogen) atoms. The van der Waals surface area contributed by atoms with Crippen LogP contribution in [0.1, 0.15) is 32.6 Å². The van der Waals surface area contributed by atoms with E-state index in [-0.39, 0.29) is 17.8 Å². The molecule has 3 unspecified atom stereocenters. The van der Waals surface area contributed by atoms with Crippen LogP contribution in [0.25, 0.3) is 0 Å². The average Bonchev–Trinajstić information content (AvgIpc) is 2.75. The van der Waals surface area contributed by atoms with Crippen LogP contribution in [0.3, 0.4) is 0 Å². The van der Waals surface area contributed by atoms with Crippen molar-refractivity contribution < 1.29 is 8.42 Å². The first kappa shape index (κ1) is 14.2. The molecule has 3 atom stereocenters. The summed E-state index contributed by atoms with van der Waals surface area (Å²) in [5, 5.41) is 3.24. The van der Waals surface area contributed by atoms with Gasteiger partial charge in [-0.05, 0) is 52.7 Å². The van der Waals surface area contributed by atoms with Gasteiger partial charge in [-0.25, -0.2) is 13.1 Å². The number of nitrogens with one attached hydrogen (secondary N) is 2. The molecule has 0 bridgehead atoms. The van der Waals surface area contributed by atoms with Crippen LogP contribution in [-0.2, 0) is 10.0 Å². The summed E-state index contributed by atoms with van der Waals surface area (Å²) >= 11 is 0. The summed E-state index contributed by atoms with van der Waals surface area (Å²) in [7, 11) is -1.04. The van der Waals surface area contributed by atoms with Gasteiger partial charge in [0.2, 0.25) is 10.0 Å². The zero-order valence-electron chi connectivity index (χ0n) is 11.4. The predicted octanol–water partition coefficient (Wildman–Crippen LogP) is 0.141. The third-order valence-electron chi connectivity index (χ3n) is 4.14. The lowest BCUT2D eigenvalue weighted by molar-refractivity contribution is 0.178. The van der Waals surface area contributed by atoms with Crippen molar-refractivity contribution in [2.24, 2.45) is 0 Å². The average molecular weight is 275 g/mol. The van der Waals surface area contributed by atoms with Crippen LogP contribution in [0.4, 0.5) is 0 Å². The van der Waals surface area contributed by atoms with Gasteiger partial charge in [0.25, 0.3) is 0 Å². The molecule has 2 saturated heterocycles. The van der Waals surface area contributed by atoms with Crippen molar-refractivity contribution in [3.63, 3.8) is 0 Å². The van der Waals surface area contributed by atoms with Crippen LogP contribution >= 0.6 is 0 Å². The van der Waals surface area contributed by atoms with Crippen molar-refractivity contribution in [1.29, 1.82) is 0 Å². The van der Waals surface area contributed by atoms with Gasteiger partial charge in [0.15, 0.2) is 0 Å². The van der Waals surface area contributed by atoms with Gasteiger partial charge in [-0.15, -0.1) is 0 Å². The predicted molar refractivity (Wildman–Crippen MR) is 73.1 cm³/mol. The monoisotopic (exact) mass is 275 g/mol. The molecule has 106 valence electrons. The molecule has 0 aromatic carbocycles. The van der Waals surface area contributed by atoms with Crippen LogP contribution in [0.5, 0.6) is 0 Å². The number of sulfonamides is 1. The Morgan fingerprint density at radius 1 is 1.39 bits per heavy atom. The minimum absolute atomic E-state index is 0.114. The minimum Gasteiger partial charge on any atom is -0.313 e. The Balaban J connectivity index is 1.84. The maximum atomic E-state index is 12.1. The van der Waals surface area contributed by atoms with Gasteiger partial charge < -0.3 is 10.2 Å². The number of nitrogens with zero attached hydrogens (tertiary/aromatic N) is 1. The summed E-state index contributed by atoms with van der Waals surface area (Å²) in [6.07, 6.45) is 3.89. The zero-order valence-corrected chi connectivity index (χ0v) is 12.2. The van der Waals surface area contributed by atoms with Gasteiger partial charge in [-0.1, -0.05) is 0 Å². The fourth-order valence-corrected chi connectivity index (χ4v) is 4.49. The van der Waals surface area contributed by atoms with E-state index in [9.17, 15) is 8.42 Å². The molecule has 2 fully saturated rings. The summed E-state index contributed by atoms with van der Waals surface area (Å²) in [6.45, 7) is 4.07. The summed E-state index contributed by atoms with van der Waals surface area (Å²) < 4.78 is 27.0. The maximum absolute atomic E-state index is 12.1. The van der Waals surface area contributed by atoms with Crippen molar-refractivity contribution in [2.45, 2.75) is 50.7 Å². The highest BCUT2D eigenvalue weighted by atomic mass is 32.2. The molecular formula is C12H25N3O2S. The first-order valence-electron chi connectivity index (χ1n) is 6.90. The quantitative estimate of drug-likeness (QED) is 0.766. The normalized spacial score (nSPS) is 34.9. The van der Waals surface area contributed by atoms with E-state index in [1.807, 2.05) is 0 Å². The Morgan fingerprint density at radius 2 is 2.17 bits per heavy atom. The van der Waals surface area contributed by atoms with Gasteiger partial charge in [0, 0.05) is 18.1 Å². The second-order valence-electron chi connectivity index (χ2n) is 5.74. The third-order valence-corrected chi connectivity index (χ3v) is 5.67. The van der Waals surface area contributed by atoms with Crippen LogP contribution in [0.15, 0.2) is 0 Å². The summed E-state index contributed by atoms with van der Waals surface area (Å²) in [5.41, 5.74) is 0. The minimum atomic E-state index is -3.14. The smallest absolute Gasteiger partial charge is 0.213 e. The maximum Gasteiger partial charge on any atom is 0.213 e. The van der Waals surface area contributed by atoms with Crippen LogP contribution in [-0.4, -0.2) is 57.3 Å². The molecule has 2 heterocycles. The van der Waals surface area contributed by atoms with E-state index in [4.69, 9.17) is 0 Å². The van der Waals surface area contributed by atoms with Crippen molar-refractivity contribution in [3.8, 4) is 0 Å². The second kappa shape index (κ2) is 5.86. The topological polar surface area (TPSA) is 61.4 Å². The van der Waals surface area contributed by atoms with E-state index in [0.29, 0.717) is 6.04 Å². The first-order chi connectivity index (χ1) is 8.46. The van der Waals surface area contributed by atoms with E-state index in [2.05, 4.69) is 28.9 Å². The molecule has 2 aliphatic heterocycles. The standard InChI is InChI=1S/C12H25N3O2S/c1-10-8-11(5-7-15(10)2)14-18(16,17)9-12-4-3-6-13-12/h10-14H,3-9H2,1-2H3. The fraction of sp³-hybridized carbons (Fsp3) is 1.00. The Labute approximate surface area is 110 Å². The lowest BCUT2D eigenvalue weighted by Gasteiger charge is -2.35. The van der Waals surface area contributed by atoms with E-state index in [1.54, 1.807) is 0 Å². The van der Waals surface area contributed by atoms with Crippen molar-refractivity contribution in [1.82, 2.24) is 14.9 Å². The molecule has 5 nitrogen and oxygen atoms in total. The van der Waals surface area contributed by atoms with Crippen LogP contribution in [0.2, 0.25) is 0 Å². The van der Waals surface area contributed by atoms with Crippen molar-refractivity contribution in [3.05, 3.63) is 0 Å². The van der Waals surface area contributed by atoms with E-state index in [0.717, 1.165) is 38.8 Å². The highest BCUT2D eigenvalue weighted by Gasteiger charge is 2.28. The Morgan fingerprint density at radius 3 is 2.78 bits per heavy atom. The largest absolute Gasteiger partial charge is 0.313 e. The Kier molecular flexibility index (Phi) is 4.64. The summed E-state index contributed by atoms with van der Waals surface area (Å²) in [6, 6.07) is 0.713. The molecule has 0 aromatic rings. The molecule has 0 amide bonds. The third kappa shape index (κ3) is 3.91. The molecule has 0 aromatic heterocycles. The highest BCUT2D eigenvalue weighted by Crippen LogP contribution is 2.16. The van der Waals surface area contributed by atoms with E-state index < -0.39 is 10.0 Å². The second-order valence-corrected chi connectivity index (χ2v) is 7.54. The van der Waals surface area contributed by atoms with Gasteiger partial charge in [0.05, 0.1) is 5.75 Å². The number of piperidine rings is 1. The van der Waals surface area contributed by atoms with E-state index in [1.165, 1.54) is 0 Å². The molecule has 0 spiro atoms. The molecule has 0 radical (unpaired) electrons. The van der Waals surface area contributed by atoms with Gasteiger partial charge in [-0.3, -0.25) is 0 Å². The lowest BCUT2D eigenvalue weighted by atomic mass is 10.0. The first-order valence-corrected chi connectivity index (χ1v) is 8.55. The molecule has 0 saturated carbocycles. The summed E-state index contributed by atoms with van der Waals surface area (Å²) in [5.74, 6) is 0.230. The van der Waals surface area contributed by atoms with Gasteiger partial charge in [0.1, 0.15) is 0 Å². The molecule has 2 aliphatic rings. The molecule has 6 heteroatoms. The Hall–Kier alpha value is -0.170. The van der Waals surface area contributed by atoms with Crippen molar-refractivity contribution >= 4 is 10.0 Å². The molecule has 2 rings (SSSR count). The zero-order chi connectivity index (χ0) is 13.2. The van der Waals surface area contributed by atoms with E-state index >= 15 is 0 Å². The van der Waals surface area contributed by atoms with Crippen molar-refractivity contribution in [2.75, 3.05) is 25.9 Å². The van der Waals surface area contributed by atoms with Gasteiger partial charge >= 0.3 is 0 Å². The number of hydrogen-bond acceptors (Lipinski definition) is 4. The van der Waals surface area contributed by atoms with Gasteiger partial charge in [-0.2, -0.15) is 0 Å². The molecule has 2 N–H and O–H groups in total. The number of rotatable bonds is 4. The lowest BCUT2D eigenvalue weighted by Crippen LogP contribution is -2.49. The van der Waals surface area contributed by atoms with Crippen LogP contribution in [0, 0.1) is 0 Å². The number of likely N-dealkylation sites (tertiary alicyclic amines) is 1. The Bertz CT molecular complexity index is 366. The SMILES string of the molecule is CC1CC(NS(=O)(=O)CC2CCCN2)CCN1C. The highest BCUT2D eigenvalue weighted by molar-refractivity contribution is 7.89. The fourth-order valence-electron chi connectivity index (χ4n) is 2.86. The number of hydrogen-bond donors (Lipinski definition) is 2. The molecule has 0 aliphatic carbocycles.